The van der Waals surface area contributed by atoms with E-state index in [1.165, 1.54) is 14.0 Å². The zero-order valence-electron chi connectivity index (χ0n) is 20.7. The number of esters is 2. The number of nitrogens with two attached hydrogens (primary N) is 2. The van der Waals surface area contributed by atoms with Gasteiger partial charge < -0.3 is 36.7 Å². The summed E-state index contributed by atoms with van der Waals surface area (Å²) in [6.45, 7) is 1.13. The summed E-state index contributed by atoms with van der Waals surface area (Å²) in [5.74, 6) is -2.30. The first-order valence-electron chi connectivity index (χ1n) is 11.8. The number of aliphatic hydroxyl groups excluding tert-OH is 1. The van der Waals surface area contributed by atoms with Crippen LogP contribution in [0.3, 0.4) is 0 Å². The molecular formula is C26H32N4O7. The van der Waals surface area contributed by atoms with Crippen molar-refractivity contribution in [1.29, 1.82) is 0 Å². The molecule has 2 aromatic carbocycles. The summed E-state index contributed by atoms with van der Waals surface area (Å²) in [6.07, 6.45) is -1.17. The molecule has 1 aliphatic heterocycles. The number of carbonyl (C=O) groups is 4. The molecule has 0 saturated carbocycles. The molecule has 0 spiro atoms. The predicted octanol–water partition coefficient (Wildman–Crippen LogP) is -0.443. The molecule has 3 rings (SSSR count). The van der Waals surface area contributed by atoms with Crippen LogP contribution in [-0.4, -0.2) is 66.7 Å². The van der Waals surface area contributed by atoms with Gasteiger partial charge in [-0.15, -0.1) is 0 Å². The van der Waals surface area contributed by atoms with Crippen LogP contribution >= 0.6 is 0 Å². The average Bonchev–Trinajstić information content (AvgIpc) is 2.87. The molecule has 0 aromatic heterocycles. The van der Waals surface area contributed by atoms with E-state index in [1.54, 1.807) is 18.2 Å². The van der Waals surface area contributed by atoms with Crippen LogP contribution in [0.5, 0.6) is 5.75 Å². The molecule has 0 fully saturated rings. The molecule has 1 heterocycles. The van der Waals surface area contributed by atoms with Crippen LogP contribution in [0.25, 0.3) is 11.1 Å². The van der Waals surface area contributed by atoms with Gasteiger partial charge in [0.15, 0.2) is 0 Å². The number of hydrogen-bond acceptors (Lipinski definition) is 9. The third kappa shape index (κ3) is 7.35. The van der Waals surface area contributed by atoms with E-state index in [0.717, 1.165) is 16.7 Å². The number of carbonyl (C=O) groups excluding carboxylic acids is 4. The standard InChI is InChI=1S/C26H32N4O7/c1-14(31)37-23-7-6-17-10-18(23)11-20(28)24(33)29-21(12-19(32)13-27)25(34)30-22(26(35)36-2)9-15-4-3-5-16(17)8-15/h3-8,10,19-22,32H,9,11-13,27-28H2,1-2H3,(H,29,33)(H,30,34)/t19-,20+,21+,22+/m1/s1. The van der Waals surface area contributed by atoms with Crippen molar-refractivity contribution in [1.82, 2.24) is 10.6 Å². The molecule has 0 aliphatic carbocycles. The average molecular weight is 513 g/mol. The van der Waals surface area contributed by atoms with Crippen molar-refractivity contribution in [2.75, 3.05) is 13.7 Å². The highest BCUT2D eigenvalue weighted by atomic mass is 16.5. The first-order chi connectivity index (χ1) is 17.6. The summed E-state index contributed by atoms with van der Waals surface area (Å²) in [4.78, 5) is 50.3. The monoisotopic (exact) mass is 512 g/mol. The molecule has 11 heteroatoms. The summed E-state index contributed by atoms with van der Waals surface area (Å²) < 4.78 is 10.2. The molecule has 0 radical (unpaired) electrons. The first kappa shape index (κ1) is 27.8. The second-order valence-corrected chi connectivity index (χ2v) is 8.90. The van der Waals surface area contributed by atoms with Crippen molar-refractivity contribution >= 4 is 23.8 Å². The molecule has 0 saturated heterocycles. The Morgan fingerprint density at radius 1 is 1.08 bits per heavy atom. The fraction of sp³-hybridized carbons (Fsp3) is 0.385. The van der Waals surface area contributed by atoms with Crippen molar-refractivity contribution < 1.29 is 33.8 Å². The van der Waals surface area contributed by atoms with Crippen LogP contribution < -0.4 is 26.8 Å². The first-order valence-corrected chi connectivity index (χ1v) is 11.8. The van der Waals surface area contributed by atoms with Gasteiger partial charge in [-0.1, -0.05) is 30.3 Å². The number of ether oxygens (including phenoxy) is 2. The van der Waals surface area contributed by atoms with Crippen LogP contribution in [0.4, 0.5) is 0 Å². The van der Waals surface area contributed by atoms with E-state index in [1.807, 2.05) is 24.3 Å². The second kappa shape index (κ2) is 12.4. The van der Waals surface area contributed by atoms with Gasteiger partial charge in [-0.25, -0.2) is 4.79 Å². The largest absolute Gasteiger partial charge is 0.467 e. The van der Waals surface area contributed by atoms with E-state index >= 15 is 0 Å². The minimum Gasteiger partial charge on any atom is -0.467 e. The molecular weight excluding hydrogens is 480 g/mol. The summed E-state index contributed by atoms with van der Waals surface area (Å²) in [5.41, 5.74) is 14.5. The minimum atomic E-state index is -1.22. The highest BCUT2D eigenvalue weighted by Crippen LogP contribution is 2.29. The number of aliphatic hydroxyl groups is 1. The molecule has 4 bridgehead atoms. The maximum atomic E-state index is 13.2. The van der Waals surface area contributed by atoms with Crippen molar-refractivity contribution in [2.45, 2.75) is 50.4 Å². The molecule has 2 aromatic rings. The Bertz CT molecular complexity index is 1170. The number of nitrogens with one attached hydrogen (secondary N) is 2. The quantitative estimate of drug-likeness (QED) is 0.262. The van der Waals surface area contributed by atoms with Gasteiger partial charge in [0.2, 0.25) is 11.8 Å². The Balaban J connectivity index is 2.10. The zero-order chi connectivity index (χ0) is 27.1. The molecule has 0 unspecified atom stereocenters. The van der Waals surface area contributed by atoms with Crippen LogP contribution in [0.2, 0.25) is 0 Å². The smallest absolute Gasteiger partial charge is 0.328 e. The van der Waals surface area contributed by atoms with Gasteiger partial charge in [0, 0.05) is 32.7 Å². The van der Waals surface area contributed by atoms with Gasteiger partial charge in [-0.3, -0.25) is 14.4 Å². The van der Waals surface area contributed by atoms with E-state index in [9.17, 15) is 24.3 Å². The molecule has 11 nitrogen and oxygen atoms in total. The van der Waals surface area contributed by atoms with Gasteiger partial charge in [-0.2, -0.15) is 0 Å². The SMILES string of the molecule is COC(=O)[C@@H]1Cc2cccc(c2)-c2ccc(OC(C)=O)c(c2)C[C@H](N)C(=O)N[C@@H](C[C@@H](O)CN)C(=O)N1. The Hall–Kier alpha value is -3.80. The lowest BCUT2D eigenvalue weighted by Gasteiger charge is -2.25. The Labute approximate surface area is 214 Å². The highest BCUT2D eigenvalue weighted by Gasteiger charge is 2.31. The van der Waals surface area contributed by atoms with E-state index in [-0.39, 0.29) is 31.6 Å². The minimum absolute atomic E-state index is 0.000540. The third-order valence-electron chi connectivity index (χ3n) is 6.01. The van der Waals surface area contributed by atoms with E-state index in [2.05, 4.69) is 10.6 Å². The molecule has 2 amide bonds. The lowest BCUT2D eigenvalue weighted by Crippen LogP contribution is -2.56. The maximum absolute atomic E-state index is 13.2. The second-order valence-electron chi connectivity index (χ2n) is 8.90. The molecule has 4 atom stereocenters. The lowest BCUT2D eigenvalue weighted by molar-refractivity contribution is -0.145. The van der Waals surface area contributed by atoms with Gasteiger partial charge >= 0.3 is 11.9 Å². The van der Waals surface area contributed by atoms with Crippen LogP contribution in [0.15, 0.2) is 42.5 Å². The number of rotatable bonds is 5. The molecule has 7 N–H and O–H groups in total. The fourth-order valence-electron chi connectivity index (χ4n) is 4.10. The van der Waals surface area contributed by atoms with Gasteiger partial charge in [-0.05, 0) is 34.4 Å². The summed E-state index contributed by atoms with van der Waals surface area (Å²) in [6, 6.07) is 9.14. The molecule has 1 aliphatic rings. The summed E-state index contributed by atoms with van der Waals surface area (Å²) in [7, 11) is 1.21. The van der Waals surface area contributed by atoms with Gasteiger partial charge in [0.1, 0.15) is 17.8 Å². The highest BCUT2D eigenvalue weighted by molar-refractivity contribution is 5.92. The molecule has 198 valence electrons. The van der Waals surface area contributed by atoms with Crippen molar-refractivity contribution in [3.8, 4) is 16.9 Å². The number of amides is 2. The number of hydrogen-bond donors (Lipinski definition) is 5. The molecule has 37 heavy (non-hydrogen) atoms. The van der Waals surface area contributed by atoms with Gasteiger partial charge in [0.05, 0.1) is 19.3 Å². The van der Waals surface area contributed by atoms with Crippen molar-refractivity contribution in [2.24, 2.45) is 11.5 Å². The van der Waals surface area contributed by atoms with E-state index in [0.29, 0.717) is 5.56 Å². The summed E-state index contributed by atoms with van der Waals surface area (Å²) >= 11 is 0. The van der Waals surface area contributed by atoms with Gasteiger partial charge in [0.25, 0.3) is 0 Å². The summed E-state index contributed by atoms with van der Waals surface area (Å²) in [5, 5.41) is 15.3. The van der Waals surface area contributed by atoms with Crippen LogP contribution in [0, 0.1) is 0 Å². The van der Waals surface area contributed by atoms with Crippen molar-refractivity contribution in [3.63, 3.8) is 0 Å². The topological polar surface area (TPSA) is 183 Å². The van der Waals surface area contributed by atoms with E-state index < -0.39 is 48.0 Å². The number of fused-ring (bicyclic) bond motifs is 5. The normalized spacial score (nSPS) is 20.9. The van der Waals surface area contributed by atoms with Crippen LogP contribution in [-0.2, 0) is 36.8 Å². The number of benzene rings is 2. The maximum Gasteiger partial charge on any atom is 0.328 e. The zero-order valence-corrected chi connectivity index (χ0v) is 20.7. The Morgan fingerprint density at radius 2 is 1.81 bits per heavy atom. The predicted molar refractivity (Wildman–Crippen MR) is 134 cm³/mol. The number of methoxy groups -OCH3 is 1. The van der Waals surface area contributed by atoms with E-state index in [4.69, 9.17) is 20.9 Å². The third-order valence-corrected chi connectivity index (χ3v) is 6.01. The lowest BCUT2D eigenvalue weighted by atomic mass is 9.96. The van der Waals surface area contributed by atoms with Crippen molar-refractivity contribution in [3.05, 3.63) is 53.6 Å². The fourth-order valence-corrected chi connectivity index (χ4v) is 4.10. The Morgan fingerprint density at radius 3 is 2.49 bits per heavy atom. The van der Waals surface area contributed by atoms with Crippen LogP contribution in [0.1, 0.15) is 24.5 Å². The Kier molecular flexibility index (Phi) is 9.34.